The number of carbonyl (C=O) groups is 1. The molecular formula is C6H12N2OS. The molecule has 2 N–H and O–H groups in total. The second kappa shape index (κ2) is 3.83. The average Bonchev–Trinajstić information content (AvgIpc) is 1.88. The van der Waals surface area contributed by atoms with Gasteiger partial charge in [-0.05, 0) is 12.8 Å². The van der Waals surface area contributed by atoms with Crippen LogP contribution in [0.2, 0.25) is 0 Å². The molecule has 0 atom stereocenters. The van der Waals surface area contributed by atoms with Crippen LogP contribution in [-0.4, -0.2) is 22.6 Å². The number of primary amides is 1. The Bertz CT molecular complexity index is 123. The fourth-order valence-electron chi connectivity index (χ4n) is 1.08. The fraction of sp³-hybridized carbons (Fsp3) is 0.833. The van der Waals surface area contributed by atoms with Crippen molar-refractivity contribution in [2.45, 2.75) is 19.3 Å². The van der Waals surface area contributed by atoms with Crippen molar-refractivity contribution in [2.75, 3.05) is 13.1 Å². The number of amides is 1. The van der Waals surface area contributed by atoms with Crippen molar-refractivity contribution < 1.29 is 4.79 Å². The van der Waals surface area contributed by atoms with Gasteiger partial charge in [0, 0.05) is 25.0 Å². The van der Waals surface area contributed by atoms with Gasteiger partial charge in [-0.1, -0.05) is 6.42 Å². The minimum atomic E-state index is -0.290. The van der Waals surface area contributed by atoms with Crippen LogP contribution in [0, 0.1) is 0 Å². The van der Waals surface area contributed by atoms with E-state index in [4.69, 9.17) is 5.73 Å². The van der Waals surface area contributed by atoms with Gasteiger partial charge in [-0.15, -0.1) is 0 Å². The molecular weight excluding hydrogens is 148 g/mol. The third-order valence-electron chi connectivity index (χ3n) is 1.53. The van der Waals surface area contributed by atoms with E-state index in [2.05, 4.69) is 0 Å². The SMILES string of the molecule is NC(=O)SN1CCCCC1. The zero-order chi connectivity index (χ0) is 7.40. The number of rotatable bonds is 1. The zero-order valence-corrected chi connectivity index (χ0v) is 6.69. The lowest BCUT2D eigenvalue weighted by Gasteiger charge is -2.22. The van der Waals surface area contributed by atoms with E-state index in [0.717, 1.165) is 25.0 Å². The molecule has 0 saturated carbocycles. The summed E-state index contributed by atoms with van der Waals surface area (Å²) < 4.78 is 2.03. The van der Waals surface area contributed by atoms with Gasteiger partial charge < -0.3 is 5.73 Å². The standard InChI is InChI=1S/C6H12N2OS/c7-6(9)10-8-4-2-1-3-5-8/h1-5H2,(H2,7,9). The van der Waals surface area contributed by atoms with Gasteiger partial charge in [0.05, 0.1) is 0 Å². The number of nitrogens with zero attached hydrogens (tertiary/aromatic N) is 1. The molecule has 1 amide bonds. The van der Waals surface area contributed by atoms with Crippen LogP contribution in [0.15, 0.2) is 0 Å². The molecule has 0 spiro atoms. The molecule has 3 nitrogen and oxygen atoms in total. The summed E-state index contributed by atoms with van der Waals surface area (Å²) in [4.78, 5) is 10.4. The van der Waals surface area contributed by atoms with Gasteiger partial charge in [-0.3, -0.25) is 4.79 Å². The fourth-order valence-corrected chi connectivity index (χ4v) is 1.78. The summed E-state index contributed by atoms with van der Waals surface area (Å²) in [6.45, 7) is 2.02. The first-order valence-electron chi connectivity index (χ1n) is 3.51. The van der Waals surface area contributed by atoms with Gasteiger partial charge >= 0.3 is 0 Å². The minimum Gasteiger partial charge on any atom is -0.359 e. The minimum absolute atomic E-state index is 0.290. The van der Waals surface area contributed by atoms with E-state index in [1.165, 1.54) is 19.3 Å². The zero-order valence-electron chi connectivity index (χ0n) is 5.88. The topological polar surface area (TPSA) is 46.3 Å². The first-order valence-corrected chi connectivity index (χ1v) is 4.29. The molecule has 0 aromatic rings. The van der Waals surface area contributed by atoms with Crippen molar-refractivity contribution in [3.63, 3.8) is 0 Å². The van der Waals surface area contributed by atoms with Gasteiger partial charge in [-0.25, -0.2) is 4.31 Å². The first kappa shape index (κ1) is 7.88. The lowest BCUT2D eigenvalue weighted by Crippen LogP contribution is -2.26. The van der Waals surface area contributed by atoms with Gasteiger partial charge in [0.2, 0.25) is 0 Å². The quantitative estimate of drug-likeness (QED) is 0.586. The summed E-state index contributed by atoms with van der Waals surface area (Å²) in [5.41, 5.74) is 5.01. The van der Waals surface area contributed by atoms with Crippen molar-refractivity contribution in [3.8, 4) is 0 Å². The molecule has 1 aliphatic heterocycles. The molecule has 1 aliphatic rings. The molecule has 10 heavy (non-hydrogen) atoms. The van der Waals surface area contributed by atoms with Crippen LogP contribution in [-0.2, 0) is 0 Å². The number of hydrogen-bond donors (Lipinski definition) is 1. The summed E-state index contributed by atoms with van der Waals surface area (Å²) in [6.07, 6.45) is 3.68. The van der Waals surface area contributed by atoms with Crippen LogP contribution in [0.4, 0.5) is 4.79 Å². The van der Waals surface area contributed by atoms with Gasteiger partial charge in [0.15, 0.2) is 0 Å². The van der Waals surface area contributed by atoms with Crippen LogP contribution in [0.5, 0.6) is 0 Å². The number of nitrogens with two attached hydrogens (primary N) is 1. The average molecular weight is 160 g/mol. The van der Waals surface area contributed by atoms with E-state index < -0.39 is 0 Å². The predicted octanol–water partition coefficient (Wildman–Crippen LogP) is 1.20. The molecule has 1 fully saturated rings. The highest BCUT2D eigenvalue weighted by Gasteiger charge is 2.12. The highest BCUT2D eigenvalue weighted by Crippen LogP contribution is 2.17. The van der Waals surface area contributed by atoms with E-state index >= 15 is 0 Å². The Hall–Kier alpha value is -0.220. The van der Waals surface area contributed by atoms with Gasteiger partial charge in [-0.2, -0.15) is 0 Å². The molecule has 0 bridgehead atoms. The van der Waals surface area contributed by atoms with Crippen molar-refractivity contribution in [1.29, 1.82) is 0 Å². The Morgan fingerprint density at radius 1 is 1.30 bits per heavy atom. The van der Waals surface area contributed by atoms with Crippen molar-refractivity contribution >= 4 is 17.2 Å². The lowest BCUT2D eigenvalue weighted by atomic mass is 10.2. The van der Waals surface area contributed by atoms with Crippen LogP contribution in [0.1, 0.15) is 19.3 Å². The van der Waals surface area contributed by atoms with Crippen LogP contribution in [0.3, 0.4) is 0 Å². The maximum absolute atomic E-state index is 10.4. The predicted molar refractivity (Wildman–Crippen MR) is 42.6 cm³/mol. The molecule has 4 heteroatoms. The molecule has 1 rings (SSSR count). The molecule has 1 heterocycles. The van der Waals surface area contributed by atoms with Crippen LogP contribution < -0.4 is 5.73 Å². The summed E-state index contributed by atoms with van der Waals surface area (Å²) in [5.74, 6) is 0. The van der Waals surface area contributed by atoms with Gasteiger partial charge in [0.25, 0.3) is 5.24 Å². The van der Waals surface area contributed by atoms with E-state index in [9.17, 15) is 4.79 Å². The Morgan fingerprint density at radius 3 is 2.40 bits per heavy atom. The summed E-state index contributed by atoms with van der Waals surface area (Å²) in [5, 5.41) is -0.290. The first-order chi connectivity index (χ1) is 4.79. The highest BCUT2D eigenvalue weighted by molar-refractivity contribution is 8.11. The van der Waals surface area contributed by atoms with Crippen LogP contribution in [0.25, 0.3) is 0 Å². The maximum atomic E-state index is 10.4. The Kier molecular flexibility index (Phi) is 3.02. The lowest BCUT2D eigenvalue weighted by molar-refractivity contribution is 0.265. The van der Waals surface area contributed by atoms with Crippen molar-refractivity contribution in [2.24, 2.45) is 5.73 Å². The molecule has 58 valence electrons. The summed E-state index contributed by atoms with van der Waals surface area (Å²) in [7, 11) is 0. The molecule has 1 saturated heterocycles. The number of hydrogen-bond acceptors (Lipinski definition) is 3. The molecule has 0 aromatic heterocycles. The largest absolute Gasteiger partial charge is 0.359 e. The second-order valence-corrected chi connectivity index (χ2v) is 3.50. The Labute approximate surface area is 65.1 Å². The number of piperidine rings is 1. The number of carbonyl (C=O) groups excluding carboxylic acids is 1. The third-order valence-corrected chi connectivity index (χ3v) is 2.34. The monoisotopic (exact) mass is 160 g/mol. The van der Waals surface area contributed by atoms with Crippen molar-refractivity contribution in [3.05, 3.63) is 0 Å². The second-order valence-electron chi connectivity index (χ2n) is 2.40. The van der Waals surface area contributed by atoms with E-state index in [1.807, 2.05) is 4.31 Å². The van der Waals surface area contributed by atoms with E-state index in [1.54, 1.807) is 0 Å². The summed E-state index contributed by atoms with van der Waals surface area (Å²) >= 11 is 1.15. The molecule has 0 aliphatic carbocycles. The van der Waals surface area contributed by atoms with Gasteiger partial charge in [0.1, 0.15) is 0 Å². The third kappa shape index (κ3) is 2.58. The van der Waals surface area contributed by atoms with Crippen molar-refractivity contribution in [1.82, 2.24) is 4.31 Å². The van der Waals surface area contributed by atoms with Crippen LogP contribution >= 0.6 is 11.9 Å². The highest BCUT2D eigenvalue weighted by atomic mass is 32.2. The maximum Gasteiger partial charge on any atom is 0.291 e. The Morgan fingerprint density at radius 2 is 1.90 bits per heavy atom. The molecule has 0 aromatic carbocycles. The van der Waals surface area contributed by atoms with E-state index in [-0.39, 0.29) is 5.24 Å². The normalized spacial score (nSPS) is 20.8. The summed E-state index contributed by atoms with van der Waals surface area (Å²) in [6, 6.07) is 0. The molecule has 0 radical (unpaired) electrons. The smallest absolute Gasteiger partial charge is 0.291 e. The Balaban J connectivity index is 2.19. The van der Waals surface area contributed by atoms with E-state index in [0.29, 0.717) is 0 Å². The molecule has 0 unspecified atom stereocenters.